The van der Waals surface area contributed by atoms with Crippen LogP contribution < -0.4 is 0 Å². The Labute approximate surface area is 104 Å². The summed E-state index contributed by atoms with van der Waals surface area (Å²) < 4.78 is 6.55. The Bertz CT molecular complexity index is 451. The van der Waals surface area contributed by atoms with Crippen LogP contribution in [0.25, 0.3) is 0 Å². The van der Waals surface area contributed by atoms with Crippen LogP contribution in [-0.4, -0.2) is 58.0 Å². The Kier molecular flexibility index (Phi) is 3.61. The highest BCUT2D eigenvalue weighted by Crippen LogP contribution is 2.11. The number of nitrogens with zero attached hydrogens (tertiary/aromatic N) is 3. The van der Waals surface area contributed by atoms with Crippen LogP contribution in [-0.2, 0) is 9.53 Å². The molecule has 0 radical (unpaired) electrons. The van der Waals surface area contributed by atoms with Gasteiger partial charge in [-0.25, -0.2) is 4.79 Å². The van der Waals surface area contributed by atoms with E-state index in [1.54, 1.807) is 11.8 Å². The summed E-state index contributed by atoms with van der Waals surface area (Å²) in [5.74, 6) is -1.17. The van der Waals surface area contributed by atoms with Crippen LogP contribution in [0.3, 0.4) is 0 Å². The summed E-state index contributed by atoms with van der Waals surface area (Å²) >= 11 is 0. The van der Waals surface area contributed by atoms with Crippen LogP contribution in [0.2, 0.25) is 0 Å². The smallest absolute Gasteiger partial charge is 0.356 e. The van der Waals surface area contributed by atoms with Gasteiger partial charge in [-0.15, -0.1) is 0 Å². The number of hydrogen-bond donors (Lipinski definition) is 1. The van der Waals surface area contributed by atoms with Crippen LogP contribution in [0, 0.1) is 0 Å². The maximum atomic E-state index is 12.1. The van der Waals surface area contributed by atoms with Gasteiger partial charge in [-0.2, -0.15) is 5.10 Å². The lowest BCUT2D eigenvalue weighted by atomic mass is 10.2. The summed E-state index contributed by atoms with van der Waals surface area (Å²) in [5, 5.41) is 12.6. The largest absolute Gasteiger partial charge is 0.476 e. The monoisotopic (exact) mass is 253 g/mol. The lowest BCUT2D eigenvalue weighted by Gasteiger charge is -2.29. The number of carboxylic acid groups (broad SMARTS) is 1. The number of rotatable bonds is 3. The molecular formula is C11H15N3O4. The van der Waals surface area contributed by atoms with Gasteiger partial charge in [-0.05, 0) is 13.0 Å². The van der Waals surface area contributed by atoms with Crippen molar-refractivity contribution in [1.29, 1.82) is 0 Å². The maximum Gasteiger partial charge on any atom is 0.356 e. The van der Waals surface area contributed by atoms with Crippen LogP contribution >= 0.6 is 0 Å². The molecule has 7 heteroatoms. The van der Waals surface area contributed by atoms with Gasteiger partial charge in [-0.3, -0.25) is 9.48 Å². The van der Waals surface area contributed by atoms with Crippen LogP contribution in [0.1, 0.15) is 23.5 Å². The summed E-state index contributed by atoms with van der Waals surface area (Å²) in [6.07, 6.45) is 1.51. The van der Waals surface area contributed by atoms with Gasteiger partial charge in [0, 0.05) is 19.3 Å². The Morgan fingerprint density at radius 3 is 2.67 bits per heavy atom. The minimum absolute atomic E-state index is 0.0587. The number of hydrogen-bond acceptors (Lipinski definition) is 4. The maximum absolute atomic E-state index is 12.1. The highest BCUT2D eigenvalue weighted by atomic mass is 16.5. The van der Waals surface area contributed by atoms with E-state index in [-0.39, 0.29) is 11.6 Å². The predicted octanol–water partition coefficient (Wildman–Crippen LogP) is 0.00110. The number of amides is 1. The summed E-state index contributed by atoms with van der Waals surface area (Å²) in [5.41, 5.74) is -0.0587. The predicted molar refractivity (Wildman–Crippen MR) is 61.3 cm³/mol. The molecule has 1 aromatic heterocycles. The zero-order valence-electron chi connectivity index (χ0n) is 10.1. The van der Waals surface area contributed by atoms with Crippen molar-refractivity contribution in [2.45, 2.75) is 13.0 Å². The molecule has 0 aliphatic carbocycles. The molecular weight excluding hydrogens is 238 g/mol. The second-order valence-corrected chi connectivity index (χ2v) is 4.10. The zero-order valence-corrected chi connectivity index (χ0v) is 10.1. The number of carbonyl (C=O) groups is 2. The first-order chi connectivity index (χ1) is 8.59. The average Bonchev–Trinajstić information content (AvgIpc) is 2.88. The second kappa shape index (κ2) is 5.18. The molecule has 2 rings (SSSR count). The van der Waals surface area contributed by atoms with Gasteiger partial charge >= 0.3 is 5.97 Å². The Morgan fingerprint density at radius 1 is 1.44 bits per heavy atom. The molecule has 1 saturated heterocycles. The molecule has 0 aromatic carbocycles. The van der Waals surface area contributed by atoms with Crippen molar-refractivity contribution in [3.8, 4) is 0 Å². The molecule has 98 valence electrons. The summed E-state index contributed by atoms with van der Waals surface area (Å²) in [6, 6.07) is 0.877. The molecule has 2 heterocycles. The molecule has 1 fully saturated rings. The molecule has 1 N–H and O–H groups in total. The first-order valence-electron chi connectivity index (χ1n) is 5.74. The molecule has 1 aliphatic heterocycles. The summed E-state index contributed by atoms with van der Waals surface area (Å²) in [7, 11) is 0. The number of ether oxygens (including phenoxy) is 1. The third kappa shape index (κ3) is 2.51. The van der Waals surface area contributed by atoms with Gasteiger partial charge in [0.2, 0.25) is 5.91 Å². The number of aromatic carboxylic acids is 1. The van der Waals surface area contributed by atoms with E-state index in [0.717, 1.165) is 0 Å². The minimum atomic E-state index is -1.10. The van der Waals surface area contributed by atoms with Crippen molar-refractivity contribution in [3.63, 3.8) is 0 Å². The van der Waals surface area contributed by atoms with E-state index in [0.29, 0.717) is 26.3 Å². The fourth-order valence-corrected chi connectivity index (χ4v) is 1.83. The molecule has 1 amide bonds. The van der Waals surface area contributed by atoms with Crippen molar-refractivity contribution < 1.29 is 19.4 Å². The van der Waals surface area contributed by atoms with Crippen molar-refractivity contribution in [2.75, 3.05) is 26.3 Å². The van der Waals surface area contributed by atoms with Crippen LogP contribution in [0.4, 0.5) is 0 Å². The number of carbonyl (C=O) groups excluding carboxylic acids is 1. The van der Waals surface area contributed by atoms with Gasteiger partial charge in [0.25, 0.3) is 0 Å². The van der Waals surface area contributed by atoms with E-state index in [1.165, 1.54) is 16.9 Å². The van der Waals surface area contributed by atoms with Gasteiger partial charge < -0.3 is 14.7 Å². The normalized spacial score (nSPS) is 17.5. The highest BCUT2D eigenvalue weighted by molar-refractivity contribution is 5.85. The van der Waals surface area contributed by atoms with Gasteiger partial charge in [0.1, 0.15) is 6.04 Å². The summed E-state index contributed by atoms with van der Waals surface area (Å²) in [4.78, 5) is 24.6. The fourth-order valence-electron chi connectivity index (χ4n) is 1.83. The quantitative estimate of drug-likeness (QED) is 0.819. The Balaban J connectivity index is 2.06. The fraction of sp³-hybridized carbons (Fsp3) is 0.545. The number of aromatic nitrogens is 2. The molecule has 1 aromatic rings. The van der Waals surface area contributed by atoms with Gasteiger partial charge in [0.15, 0.2) is 5.69 Å². The topological polar surface area (TPSA) is 84.7 Å². The van der Waals surface area contributed by atoms with Crippen LogP contribution in [0.5, 0.6) is 0 Å². The van der Waals surface area contributed by atoms with Crippen molar-refractivity contribution >= 4 is 11.9 Å². The number of morpholine rings is 1. The first kappa shape index (κ1) is 12.6. The third-order valence-corrected chi connectivity index (χ3v) is 2.90. The third-order valence-electron chi connectivity index (χ3n) is 2.90. The van der Waals surface area contributed by atoms with Crippen molar-refractivity contribution in [1.82, 2.24) is 14.7 Å². The molecule has 18 heavy (non-hydrogen) atoms. The van der Waals surface area contributed by atoms with E-state index in [2.05, 4.69) is 5.10 Å². The second-order valence-electron chi connectivity index (χ2n) is 4.10. The molecule has 1 unspecified atom stereocenters. The van der Waals surface area contributed by atoms with E-state index < -0.39 is 12.0 Å². The van der Waals surface area contributed by atoms with E-state index >= 15 is 0 Å². The minimum Gasteiger partial charge on any atom is -0.476 e. The van der Waals surface area contributed by atoms with Crippen LogP contribution in [0.15, 0.2) is 12.3 Å². The first-order valence-corrected chi connectivity index (χ1v) is 5.74. The average molecular weight is 253 g/mol. The molecule has 1 aliphatic rings. The summed E-state index contributed by atoms with van der Waals surface area (Å²) in [6.45, 7) is 3.92. The molecule has 0 spiro atoms. The van der Waals surface area contributed by atoms with E-state index in [4.69, 9.17) is 9.84 Å². The van der Waals surface area contributed by atoms with E-state index in [1.807, 2.05) is 0 Å². The van der Waals surface area contributed by atoms with Gasteiger partial charge in [-0.1, -0.05) is 0 Å². The van der Waals surface area contributed by atoms with E-state index in [9.17, 15) is 9.59 Å². The molecule has 7 nitrogen and oxygen atoms in total. The highest BCUT2D eigenvalue weighted by Gasteiger charge is 2.24. The standard InChI is InChI=1S/C11H15N3O4/c1-8(10(15)13-4-6-18-7-5-13)14-3-2-9(12-14)11(16)17/h2-3,8H,4-7H2,1H3,(H,16,17). The molecule has 1 atom stereocenters. The van der Waals surface area contributed by atoms with Gasteiger partial charge in [0.05, 0.1) is 13.2 Å². The molecule has 0 saturated carbocycles. The zero-order chi connectivity index (χ0) is 13.1. The van der Waals surface area contributed by atoms with Crippen molar-refractivity contribution in [3.05, 3.63) is 18.0 Å². The SMILES string of the molecule is CC(C(=O)N1CCOCC1)n1ccc(C(=O)O)n1. The molecule has 0 bridgehead atoms. The lowest BCUT2D eigenvalue weighted by molar-refractivity contribution is -0.138. The number of carboxylic acids is 1. The Morgan fingerprint density at radius 2 is 2.11 bits per heavy atom. The van der Waals surface area contributed by atoms with Crippen molar-refractivity contribution in [2.24, 2.45) is 0 Å². The lowest BCUT2D eigenvalue weighted by Crippen LogP contribution is -2.43. The Hall–Kier alpha value is -1.89.